The summed E-state index contributed by atoms with van der Waals surface area (Å²) < 4.78 is 128. The van der Waals surface area contributed by atoms with Gasteiger partial charge in [0, 0.05) is 76.0 Å². The summed E-state index contributed by atoms with van der Waals surface area (Å²) >= 11 is 0. The van der Waals surface area contributed by atoms with Crippen LogP contribution in [0.2, 0.25) is 0 Å². The summed E-state index contributed by atoms with van der Waals surface area (Å²) in [6.45, 7) is 46.0. The molecule has 0 fully saturated rings. The number of benzene rings is 1. The summed E-state index contributed by atoms with van der Waals surface area (Å²) in [7, 11) is 15.1. The van der Waals surface area contributed by atoms with Crippen molar-refractivity contribution in [2.45, 2.75) is 247 Å². The molecule has 26 nitrogen and oxygen atoms in total. The quantitative estimate of drug-likeness (QED) is 0.0254. The van der Waals surface area contributed by atoms with Gasteiger partial charge in [0.2, 0.25) is 0 Å². The molecule has 640 valence electrons. The van der Waals surface area contributed by atoms with E-state index in [9.17, 15) is 9.59 Å². The van der Waals surface area contributed by atoms with Gasteiger partial charge in [0.1, 0.15) is 25.6 Å². The zero-order chi connectivity index (χ0) is 81.3. The number of para-hydroxylation sites is 1. The van der Waals surface area contributed by atoms with Gasteiger partial charge in [-0.05, 0) is 138 Å². The molecular weight excluding hydrogens is 1390 g/mol. The molecule has 0 aliphatic carbocycles. The number of carbonyl (C=O) groups excluding carboxylic acids is 2. The zero-order valence-electron chi connectivity index (χ0n) is 71.6. The summed E-state index contributed by atoms with van der Waals surface area (Å²) in [6, 6.07) is 9.79. The summed E-state index contributed by atoms with van der Waals surface area (Å²) in [6.07, 6.45) is 12.8. The van der Waals surface area contributed by atoms with E-state index in [2.05, 4.69) is 87.5 Å². The van der Waals surface area contributed by atoms with Crippen molar-refractivity contribution in [1.29, 1.82) is 0 Å². The molecule has 0 spiro atoms. The molecular formula is C81H160O26. The summed E-state index contributed by atoms with van der Waals surface area (Å²) in [5.41, 5.74) is 0.131. The lowest BCUT2D eigenvalue weighted by molar-refractivity contribution is -0.141. The third-order valence-electron chi connectivity index (χ3n) is 16.1. The average molecular weight is 1550 g/mol. The van der Waals surface area contributed by atoms with Gasteiger partial charge in [-0.15, -0.1) is 0 Å². The van der Waals surface area contributed by atoms with Crippen molar-refractivity contribution >= 4 is 12.4 Å². The minimum absolute atomic E-state index is 0.0389. The van der Waals surface area contributed by atoms with Crippen LogP contribution in [0.1, 0.15) is 174 Å². The second kappa shape index (κ2) is 86.8. The van der Waals surface area contributed by atoms with E-state index in [1.54, 1.807) is 70.9 Å². The van der Waals surface area contributed by atoms with Gasteiger partial charge in [-0.25, -0.2) is 4.79 Å². The Bertz CT molecular complexity index is 1920. The second-order valence-electron chi connectivity index (χ2n) is 25.6. The van der Waals surface area contributed by atoms with Gasteiger partial charge in [0.15, 0.2) is 0 Å². The number of carbonyl (C=O) groups is 2. The lowest BCUT2D eigenvalue weighted by atomic mass is 9.92. The van der Waals surface area contributed by atoms with E-state index in [1.807, 2.05) is 44.2 Å². The Labute approximate surface area is 650 Å². The van der Waals surface area contributed by atoms with E-state index in [-0.39, 0.29) is 79.2 Å². The SMILES string of the molecule is C=C(C)C(=O)OCCOC(CC)CC(C)OCCOC.CCC(C)(CC(CC(C)OCCOC)OCCOC)OCCOCCOC.CCC(C)OC.CCC(CC(C)OCCOC)OCCOC.CCC(CC(C)OCCOC)OCCOC=O.CCC(CC(C)OCCOC)OCCOc1ccccc1. The maximum Gasteiger partial charge on any atom is 0.333 e. The highest BCUT2D eigenvalue weighted by Crippen LogP contribution is 2.26. The maximum absolute atomic E-state index is 11.2. The molecule has 0 aromatic heterocycles. The van der Waals surface area contributed by atoms with E-state index < -0.39 is 0 Å². The predicted molar refractivity (Wildman–Crippen MR) is 422 cm³/mol. The van der Waals surface area contributed by atoms with E-state index >= 15 is 0 Å². The van der Waals surface area contributed by atoms with Gasteiger partial charge < -0.3 is 114 Å². The Morgan fingerprint density at radius 2 is 0.692 bits per heavy atom. The fourth-order valence-corrected chi connectivity index (χ4v) is 9.29. The van der Waals surface area contributed by atoms with E-state index in [4.69, 9.17) is 109 Å². The van der Waals surface area contributed by atoms with Crippen molar-refractivity contribution in [2.24, 2.45) is 0 Å². The molecule has 0 N–H and O–H groups in total. The van der Waals surface area contributed by atoms with Gasteiger partial charge in [0.25, 0.3) is 6.47 Å². The molecule has 0 saturated heterocycles. The third-order valence-corrected chi connectivity index (χ3v) is 16.1. The van der Waals surface area contributed by atoms with Crippen LogP contribution in [0.25, 0.3) is 0 Å². The molecule has 107 heavy (non-hydrogen) atoms. The Hall–Kier alpha value is -3.14. The third kappa shape index (κ3) is 82.1. The van der Waals surface area contributed by atoms with Crippen LogP contribution < -0.4 is 4.74 Å². The number of methoxy groups -OCH3 is 9. The molecule has 1 rings (SSSR count). The molecule has 0 saturated carbocycles. The highest BCUT2D eigenvalue weighted by molar-refractivity contribution is 5.86. The summed E-state index contributed by atoms with van der Waals surface area (Å²) in [4.78, 5) is 21.1. The predicted octanol–water partition coefficient (Wildman–Crippen LogP) is 13.0. The highest BCUT2D eigenvalue weighted by atomic mass is 16.6. The number of hydrogen-bond acceptors (Lipinski definition) is 26. The Kier molecular flexibility index (Phi) is 91.2. The average Bonchev–Trinajstić information content (AvgIpc) is 0.891. The van der Waals surface area contributed by atoms with E-state index in [0.717, 1.165) is 82.8 Å². The van der Waals surface area contributed by atoms with Crippen LogP contribution in [0.5, 0.6) is 5.75 Å². The minimum atomic E-state index is -0.377. The van der Waals surface area contributed by atoms with Crippen molar-refractivity contribution in [3.05, 3.63) is 42.5 Å². The highest BCUT2D eigenvalue weighted by Gasteiger charge is 2.29. The van der Waals surface area contributed by atoms with Crippen molar-refractivity contribution in [1.82, 2.24) is 0 Å². The molecule has 0 bridgehead atoms. The Balaban J connectivity index is -0.000000401. The van der Waals surface area contributed by atoms with Crippen LogP contribution in [-0.2, 0) is 119 Å². The monoisotopic (exact) mass is 1550 g/mol. The number of ether oxygens (including phenoxy) is 24. The van der Waals surface area contributed by atoms with E-state index in [1.165, 1.54) is 0 Å². The maximum atomic E-state index is 11.2. The summed E-state index contributed by atoms with van der Waals surface area (Å²) in [5, 5.41) is 0. The smallest absolute Gasteiger partial charge is 0.333 e. The van der Waals surface area contributed by atoms with Crippen molar-refractivity contribution in [3.63, 3.8) is 0 Å². The van der Waals surface area contributed by atoms with Crippen molar-refractivity contribution in [2.75, 3.05) is 223 Å². The van der Waals surface area contributed by atoms with Crippen LogP contribution in [0.3, 0.4) is 0 Å². The van der Waals surface area contributed by atoms with Gasteiger partial charge in [-0.1, -0.05) is 66.3 Å². The number of esters is 1. The molecule has 1 aromatic rings. The first kappa shape index (κ1) is 112. The molecule has 12 unspecified atom stereocenters. The number of rotatable bonds is 69. The molecule has 0 heterocycles. The first-order valence-electron chi connectivity index (χ1n) is 38.9. The standard InChI is InChI=1S/C20H42O7.C17H28O4.C15H28O5.C12H24O5.C12H26O4.C5H12O/c1-7-20(3,27-15-12-24-11-8-21-4)17-19(26-14-10-23-6)16-18(2)25-13-9-22-5;1-4-16(14-15(2)19-11-10-18-3)20-12-13-21-17-8-6-5-7-9-17;1-6-14(11-13(4)18-8-7-17-5)19-9-10-20-15(16)12(2)3;1-4-12(17-8-6-15-10-13)9-11(2)16-7-5-14-3;1-5-12(16-9-7-14-4)10-11(2)15-8-6-13-3;1-4-5(2)6-3/h18-19H,7-17H2,1-6H3;5-9,15-16H,4,10-14H2,1-3H3;13-14H,2,6-11H2,1,3-5H3;10-12H,4-9H2,1-3H3;11-12H,5-10H2,1-4H3;5H,4H2,1-3H3. The fourth-order valence-electron chi connectivity index (χ4n) is 9.29. The zero-order valence-corrected chi connectivity index (χ0v) is 71.6. The molecule has 0 amide bonds. The largest absolute Gasteiger partial charge is 0.491 e. The number of hydrogen-bond donors (Lipinski definition) is 0. The molecule has 1 aromatic carbocycles. The van der Waals surface area contributed by atoms with Crippen LogP contribution in [0.4, 0.5) is 0 Å². The van der Waals surface area contributed by atoms with Gasteiger partial charge in [-0.2, -0.15) is 0 Å². The van der Waals surface area contributed by atoms with Gasteiger partial charge in [-0.3, -0.25) is 4.79 Å². The van der Waals surface area contributed by atoms with Crippen LogP contribution in [0, 0.1) is 0 Å². The Morgan fingerprint density at radius 1 is 0.383 bits per heavy atom. The second-order valence-corrected chi connectivity index (χ2v) is 25.6. The van der Waals surface area contributed by atoms with Crippen molar-refractivity contribution in [3.8, 4) is 5.75 Å². The summed E-state index contributed by atoms with van der Waals surface area (Å²) in [5.74, 6) is 0.503. The van der Waals surface area contributed by atoms with Crippen LogP contribution >= 0.6 is 0 Å². The topological polar surface area (TPSA) is 256 Å². The Morgan fingerprint density at radius 3 is 1.00 bits per heavy atom. The molecule has 26 heteroatoms. The lowest BCUT2D eigenvalue weighted by Crippen LogP contribution is -2.37. The molecule has 12 atom stereocenters. The molecule has 0 aliphatic rings. The molecule has 0 aliphatic heterocycles. The van der Waals surface area contributed by atoms with Crippen LogP contribution in [0.15, 0.2) is 42.5 Å². The normalized spacial score (nSPS) is 14.7. The lowest BCUT2D eigenvalue weighted by Gasteiger charge is -2.33. The van der Waals surface area contributed by atoms with E-state index in [0.29, 0.717) is 170 Å². The van der Waals surface area contributed by atoms with Gasteiger partial charge in [0.05, 0.1) is 211 Å². The van der Waals surface area contributed by atoms with Gasteiger partial charge >= 0.3 is 5.97 Å². The first-order chi connectivity index (χ1) is 51.6. The molecule has 0 radical (unpaired) electrons. The van der Waals surface area contributed by atoms with Crippen molar-refractivity contribution < 1.29 is 123 Å². The van der Waals surface area contributed by atoms with Crippen LogP contribution in [-0.4, -0.2) is 308 Å². The minimum Gasteiger partial charge on any atom is -0.491 e. The fraction of sp³-hybridized carbons (Fsp3) is 0.877. The first-order valence-corrected chi connectivity index (χ1v) is 38.9.